The summed E-state index contributed by atoms with van der Waals surface area (Å²) in [6.45, 7) is 3.86. The lowest BCUT2D eigenvalue weighted by molar-refractivity contribution is -0.119. The lowest BCUT2D eigenvalue weighted by Gasteiger charge is -2.44. The van der Waals surface area contributed by atoms with Crippen LogP contribution in [-0.4, -0.2) is 79.0 Å². The zero-order valence-corrected chi connectivity index (χ0v) is 29.2. The van der Waals surface area contributed by atoms with Gasteiger partial charge in [-0.2, -0.15) is 5.10 Å². The maximum atomic E-state index is 13.3. The number of pyridine rings is 1. The Morgan fingerprint density at radius 3 is 2.37 bits per heavy atom. The Balaban J connectivity index is 1.19. The second-order valence-electron chi connectivity index (χ2n) is 13.2. The Morgan fingerprint density at radius 1 is 1.04 bits per heavy atom. The van der Waals surface area contributed by atoms with E-state index in [1.807, 2.05) is 66.7 Å². The van der Waals surface area contributed by atoms with Crippen LogP contribution in [-0.2, 0) is 24.9 Å². The summed E-state index contributed by atoms with van der Waals surface area (Å²) in [7, 11) is 5.27. The number of fused-ring (bicyclic) bond motifs is 1. The molecule has 2 N–H and O–H groups in total. The predicted molar refractivity (Wildman–Crippen MR) is 190 cm³/mol. The number of benzene rings is 2. The van der Waals surface area contributed by atoms with Crippen molar-refractivity contribution >= 4 is 34.6 Å². The number of methoxy groups -OCH3 is 1. The Hall–Kier alpha value is -4.26. The standard InChI is InChI=1S/C36H37Cl2N7O4/c1-36(48)19-44(20-36)18-30-41-45-17-22(15-28(45)35(47)43(30)3)23-7-5-8-24(32(23)37)25-9-6-10-26(33(25)38)27-12-11-21(34(39-27)49-4)16-42(2)29-13-14-31(46)40-29/h5-12,15,17,29,48H,13-14,16,18-20H2,1-4H3,(H,40,46)/t29-/m0/s1. The fraction of sp³-hybridized carbons (Fsp3) is 0.333. The SMILES string of the molecule is COc1nc(-c2cccc(-c3cccc(-c4cc5c(=O)n(C)c(CN6CC(C)(O)C6)nn5c4)c3Cl)c2Cl)ccc1CN(C)[C@H]1CCC(=O)N1. The van der Waals surface area contributed by atoms with Gasteiger partial charge in [0.2, 0.25) is 11.8 Å². The summed E-state index contributed by atoms with van der Waals surface area (Å²) < 4.78 is 8.84. The number of hydrogen-bond donors (Lipinski definition) is 2. The molecule has 0 aliphatic carbocycles. The zero-order valence-electron chi connectivity index (χ0n) is 27.7. The Morgan fingerprint density at radius 2 is 1.71 bits per heavy atom. The van der Waals surface area contributed by atoms with Crippen LogP contribution in [0.3, 0.4) is 0 Å². The second-order valence-corrected chi connectivity index (χ2v) is 14.0. The predicted octanol–water partition coefficient (Wildman–Crippen LogP) is 4.98. The van der Waals surface area contributed by atoms with Crippen molar-refractivity contribution in [3.8, 4) is 39.4 Å². The molecule has 0 unspecified atom stereocenters. The van der Waals surface area contributed by atoms with Gasteiger partial charge in [-0.1, -0.05) is 65.7 Å². The molecule has 1 amide bonds. The minimum Gasteiger partial charge on any atom is -0.481 e. The highest BCUT2D eigenvalue weighted by molar-refractivity contribution is 6.39. The maximum absolute atomic E-state index is 13.3. The molecular weight excluding hydrogens is 665 g/mol. The average molecular weight is 703 g/mol. The van der Waals surface area contributed by atoms with Crippen molar-refractivity contribution < 1.29 is 14.6 Å². The monoisotopic (exact) mass is 701 g/mol. The van der Waals surface area contributed by atoms with Crippen molar-refractivity contribution in [3.63, 3.8) is 0 Å². The average Bonchev–Trinajstić information content (AvgIpc) is 3.70. The van der Waals surface area contributed by atoms with Gasteiger partial charge in [-0.15, -0.1) is 0 Å². The van der Waals surface area contributed by atoms with Gasteiger partial charge >= 0.3 is 0 Å². The molecule has 254 valence electrons. The summed E-state index contributed by atoms with van der Waals surface area (Å²) in [6.07, 6.45) is 3.07. The van der Waals surface area contributed by atoms with Gasteiger partial charge in [0.25, 0.3) is 5.56 Å². The number of hydrogen-bond acceptors (Lipinski definition) is 8. The van der Waals surface area contributed by atoms with Gasteiger partial charge in [-0.05, 0) is 32.5 Å². The van der Waals surface area contributed by atoms with Crippen LogP contribution in [0.5, 0.6) is 5.88 Å². The zero-order chi connectivity index (χ0) is 34.6. The number of aliphatic hydroxyl groups is 1. The molecule has 3 aromatic heterocycles. The highest BCUT2D eigenvalue weighted by atomic mass is 35.5. The van der Waals surface area contributed by atoms with Gasteiger partial charge in [-0.3, -0.25) is 24.0 Å². The van der Waals surface area contributed by atoms with Crippen LogP contribution in [0.25, 0.3) is 39.0 Å². The van der Waals surface area contributed by atoms with E-state index in [-0.39, 0.29) is 17.6 Å². The highest BCUT2D eigenvalue weighted by Gasteiger charge is 2.37. The minimum absolute atomic E-state index is 0.0252. The quantitative estimate of drug-likeness (QED) is 0.221. The van der Waals surface area contributed by atoms with Crippen molar-refractivity contribution in [1.29, 1.82) is 0 Å². The molecule has 5 aromatic rings. The van der Waals surface area contributed by atoms with Gasteiger partial charge in [0, 0.05) is 72.7 Å². The number of likely N-dealkylation sites (tertiary alicyclic amines) is 1. The summed E-state index contributed by atoms with van der Waals surface area (Å²) in [6, 6.07) is 17.2. The van der Waals surface area contributed by atoms with E-state index in [0.717, 1.165) is 39.8 Å². The molecule has 7 rings (SSSR count). The lowest BCUT2D eigenvalue weighted by Crippen LogP contribution is -2.59. The molecule has 2 aliphatic rings. The van der Waals surface area contributed by atoms with E-state index >= 15 is 0 Å². The summed E-state index contributed by atoms with van der Waals surface area (Å²) in [4.78, 5) is 34.0. The van der Waals surface area contributed by atoms with E-state index in [1.165, 1.54) is 0 Å². The number of ether oxygens (including phenoxy) is 1. The molecule has 49 heavy (non-hydrogen) atoms. The smallest absolute Gasteiger partial charge is 0.277 e. The fourth-order valence-electron chi connectivity index (χ4n) is 6.81. The van der Waals surface area contributed by atoms with Gasteiger partial charge in [-0.25, -0.2) is 9.50 Å². The number of nitrogens with zero attached hydrogens (tertiary/aromatic N) is 6. The molecule has 2 fully saturated rings. The van der Waals surface area contributed by atoms with E-state index in [9.17, 15) is 14.7 Å². The lowest BCUT2D eigenvalue weighted by atomic mass is 9.97. The van der Waals surface area contributed by atoms with Gasteiger partial charge in [0.1, 0.15) is 11.3 Å². The third-order valence-electron chi connectivity index (χ3n) is 9.36. The molecule has 2 saturated heterocycles. The van der Waals surface area contributed by atoms with Crippen molar-refractivity contribution in [2.45, 2.75) is 44.6 Å². The van der Waals surface area contributed by atoms with Crippen molar-refractivity contribution in [2.75, 3.05) is 27.2 Å². The normalized spacial score (nSPS) is 17.5. The van der Waals surface area contributed by atoms with Crippen LogP contribution in [0.2, 0.25) is 10.0 Å². The van der Waals surface area contributed by atoms with Crippen LogP contribution < -0.4 is 15.6 Å². The van der Waals surface area contributed by atoms with E-state index in [2.05, 4.69) is 10.2 Å². The summed E-state index contributed by atoms with van der Waals surface area (Å²) in [5, 5.41) is 18.8. The van der Waals surface area contributed by atoms with E-state index < -0.39 is 5.60 Å². The summed E-state index contributed by atoms with van der Waals surface area (Å²) in [5.41, 5.74) is 4.76. The number of amides is 1. The molecule has 13 heteroatoms. The molecule has 0 bridgehead atoms. The molecule has 5 heterocycles. The van der Waals surface area contributed by atoms with Gasteiger partial charge in [0.15, 0.2) is 0 Å². The van der Waals surface area contributed by atoms with E-state index in [4.69, 9.17) is 38.0 Å². The van der Waals surface area contributed by atoms with Crippen LogP contribution in [0, 0.1) is 0 Å². The molecule has 2 aliphatic heterocycles. The summed E-state index contributed by atoms with van der Waals surface area (Å²) in [5.74, 6) is 1.15. The number of halogens is 2. The van der Waals surface area contributed by atoms with Crippen LogP contribution in [0.1, 0.15) is 31.2 Å². The highest BCUT2D eigenvalue weighted by Crippen LogP contribution is 2.42. The number of nitrogens with one attached hydrogen (secondary N) is 1. The third kappa shape index (κ3) is 6.33. The number of aromatic nitrogens is 4. The van der Waals surface area contributed by atoms with Crippen molar-refractivity contribution in [1.82, 2.24) is 34.3 Å². The fourth-order valence-corrected chi connectivity index (χ4v) is 7.47. The first-order valence-electron chi connectivity index (χ1n) is 16.1. The van der Waals surface area contributed by atoms with Crippen LogP contribution in [0.15, 0.2) is 65.6 Å². The number of rotatable bonds is 9. The van der Waals surface area contributed by atoms with E-state index in [1.54, 1.807) is 36.2 Å². The van der Waals surface area contributed by atoms with Gasteiger partial charge < -0.3 is 15.2 Å². The van der Waals surface area contributed by atoms with Crippen LogP contribution in [0.4, 0.5) is 0 Å². The maximum Gasteiger partial charge on any atom is 0.277 e. The first-order valence-corrected chi connectivity index (χ1v) is 16.8. The van der Waals surface area contributed by atoms with E-state index in [0.29, 0.717) is 65.6 Å². The molecule has 0 spiro atoms. The number of carbonyl (C=O) groups is 1. The minimum atomic E-state index is -0.713. The topological polar surface area (TPSA) is 117 Å². The molecule has 2 aromatic carbocycles. The Bertz CT molecular complexity index is 2150. The first-order chi connectivity index (χ1) is 23.4. The second kappa shape index (κ2) is 12.9. The Kier molecular flexibility index (Phi) is 8.74. The van der Waals surface area contributed by atoms with Crippen molar-refractivity contribution in [2.24, 2.45) is 7.05 Å². The Labute approximate surface area is 293 Å². The van der Waals surface area contributed by atoms with Crippen LogP contribution >= 0.6 is 23.2 Å². The number of β-amino-alcohol motifs (C(OH)–C–C–N with tert-alkyl or cyclic N) is 1. The third-order valence-corrected chi connectivity index (χ3v) is 10.2. The first kappa shape index (κ1) is 33.2. The summed E-state index contributed by atoms with van der Waals surface area (Å²) >= 11 is 14.2. The van der Waals surface area contributed by atoms with Gasteiger partial charge in [0.05, 0.1) is 41.2 Å². The molecule has 1 atom stereocenters. The largest absolute Gasteiger partial charge is 0.481 e. The molecular formula is C36H37Cl2N7O4. The number of carbonyl (C=O) groups excluding carboxylic acids is 1. The molecule has 11 nitrogen and oxygen atoms in total. The molecule has 0 saturated carbocycles. The molecule has 0 radical (unpaired) electrons. The van der Waals surface area contributed by atoms with Crippen molar-refractivity contribution in [3.05, 3.63) is 92.6 Å².